The molecule has 0 aromatic carbocycles. The molecule has 0 spiro atoms. The van der Waals surface area contributed by atoms with Crippen LogP contribution in [0.15, 0.2) is 46.3 Å². The Morgan fingerprint density at radius 1 is 0.825 bits per heavy atom. The van der Waals surface area contributed by atoms with Gasteiger partial charge in [0.15, 0.2) is 5.01 Å². The van der Waals surface area contributed by atoms with Crippen molar-refractivity contribution >= 4 is 34.8 Å². The molecule has 7 nitrogen and oxygen atoms in total. The molecule has 0 saturated carbocycles. The number of ketones is 1. The summed E-state index contributed by atoms with van der Waals surface area (Å²) in [6, 6.07) is 0. The molecule has 2 aliphatic rings. The van der Waals surface area contributed by atoms with Crippen molar-refractivity contribution in [3.63, 3.8) is 0 Å². The lowest BCUT2D eigenvalue weighted by atomic mass is 9.88. The molecule has 8 heteroatoms. The molecular formula is C32H48N5O2S+. The van der Waals surface area contributed by atoms with Gasteiger partial charge in [0.1, 0.15) is 24.4 Å². The van der Waals surface area contributed by atoms with Crippen LogP contribution in [0.4, 0.5) is 0 Å². The predicted molar refractivity (Wildman–Crippen MR) is 166 cm³/mol. The number of aromatic nitrogens is 3. The Hall–Kier alpha value is -2.74. The van der Waals surface area contributed by atoms with Gasteiger partial charge in [-0.05, 0) is 36.8 Å². The summed E-state index contributed by atoms with van der Waals surface area (Å²) in [4.78, 5) is 16.9. The summed E-state index contributed by atoms with van der Waals surface area (Å²) in [6.45, 7) is 6.45. The summed E-state index contributed by atoms with van der Waals surface area (Å²) in [6.07, 6.45) is 31.4. The molecule has 0 radical (unpaired) electrons. The first-order valence-corrected chi connectivity index (χ1v) is 16.3. The van der Waals surface area contributed by atoms with Gasteiger partial charge in [0.25, 0.3) is 0 Å². The minimum absolute atomic E-state index is 0.0626. The number of aliphatic hydroxyl groups excluding tert-OH is 1. The molecule has 1 aromatic rings. The second kappa shape index (κ2) is 18.6. The molecule has 1 aromatic heterocycles. The average molecular weight is 567 g/mol. The Kier molecular flexibility index (Phi) is 14.8. The Bertz CT molecular complexity index is 1090. The van der Waals surface area contributed by atoms with Gasteiger partial charge in [-0.25, -0.2) is 9.57 Å². The monoisotopic (exact) mass is 566 g/mol. The number of Topliss-reactive ketones (excluding diaryl/α,β-unsaturated/α-hetero) is 1. The molecule has 0 bridgehead atoms. The van der Waals surface area contributed by atoms with E-state index in [9.17, 15) is 9.90 Å². The fraction of sp³-hybridized carbons (Fsp3) is 0.625. The molecule has 0 saturated heterocycles. The van der Waals surface area contributed by atoms with Crippen molar-refractivity contribution in [1.82, 2.24) is 14.8 Å². The number of dihydropyridines is 1. The minimum Gasteiger partial charge on any atom is -0.506 e. The molecule has 0 fully saturated rings. The van der Waals surface area contributed by atoms with E-state index in [-0.39, 0.29) is 22.7 Å². The van der Waals surface area contributed by atoms with Crippen LogP contribution in [-0.2, 0) is 4.79 Å². The topological polar surface area (TPSA) is 91.3 Å². The van der Waals surface area contributed by atoms with Gasteiger partial charge in [0, 0.05) is 24.0 Å². The zero-order valence-electron chi connectivity index (χ0n) is 24.6. The number of hydrogen-bond donors (Lipinski definition) is 1. The quantitative estimate of drug-likeness (QED) is 0.0982. The number of unbranched alkanes of at least 4 members (excludes halogenated alkanes) is 15. The third-order valence-corrected chi connectivity index (χ3v) is 8.31. The number of allylic oxidation sites excluding steroid dienone is 6. The van der Waals surface area contributed by atoms with Crippen molar-refractivity contribution in [2.75, 3.05) is 13.1 Å². The van der Waals surface area contributed by atoms with Crippen molar-refractivity contribution in [3.05, 3.63) is 46.3 Å². The number of carbonyl (C=O) groups is 1. The van der Waals surface area contributed by atoms with Gasteiger partial charge in [-0.3, -0.25) is 4.79 Å². The molecule has 3 rings (SSSR count). The lowest BCUT2D eigenvalue weighted by molar-refractivity contribution is -0.522. The van der Waals surface area contributed by atoms with Crippen LogP contribution in [0, 0.1) is 0 Å². The first kappa shape index (κ1) is 31.8. The van der Waals surface area contributed by atoms with Crippen LogP contribution in [0.3, 0.4) is 0 Å². The van der Waals surface area contributed by atoms with Gasteiger partial charge < -0.3 is 5.11 Å². The maximum absolute atomic E-state index is 12.3. The number of aliphatic hydroxyl groups is 1. The van der Waals surface area contributed by atoms with E-state index >= 15 is 0 Å². The highest BCUT2D eigenvalue weighted by Crippen LogP contribution is 2.36. The summed E-state index contributed by atoms with van der Waals surface area (Å²) < 4.78 is 6.01. The highest BCUT2D eigenvalue weighted by Gasteiger charge is 2.36. The van der Waals surface area contributed by atoms with E-state index in [0.29, 0.717) is 5.01 Å². The Morgan fingerprint density at radius 3 is 1.90 bits per heavy atom. The molecule has 1 aliphatic heterocycles. The second-order valence-electron chi connectivity index (χ2n) is 10.8. The number of rotatable bonds is 20. The minimum atomic E-state index is -0.250. The third-order valence-electron chi connectivity index (χ3n) is 7.70. The number of nitrogens with zero attached hydrogens (tertiary/aromatic N) is 5. The van der Waals surface area contributed by atoms with Gasteiger partial charge in [-0.1, -0.05) is 101 Å². The molecule has 0 unspecified atom stereocenters. The molecule has 0 atom stereocenters. The number of aliphatic imine (C=N–C) groups is 1. The Morgan fingerprint density at radius 2 is 1.43 bits per heavy atom. The molecule has 218 valence electrons. The lowest BCUT2D eigenvalue weighted by Crippen LogP contribution is -2.23. The lowest BCUT2D eigenvalue weighted by Gasteiger charge is -2.18. The highest BCUT2D eigenvalue weighted by atomic mass is 32.1. The fourth-order valence-corrected chi connectivity index (χ4v) is 5.68. The molecular weight excluding hydrogens is 518 g/mol. The van der Waals surface area contributed by atoms with Crippen molar-refractivity contribution in [2.45, 2.75) is 117 Å². The van der Waals surface area contributed by atoms with Crippen molar-refractivity contribution in [3.8, 4) is 0 Å². The van der Waals surface area contributed by atoms with E-state index in [2.05, 4.69) is 44.3 Å². The zero-order chi connectivity index (χ0) is 28.4. The van der Waals surface area contributed by atoms with Crippen LogP contribution in [0.2, 0.25) is 0 Å². The average Bonchev–Trinajstić information content (AvgIpc) is 3.49. The largest absolute Gasteiger partial charge is 0.506 e. The van der Waals surface area contributed by atoms with E-state index in [4.69, 9.17) is 0 Å². The predicted octanol–water partition coefficient (Wildman–Crippen LogP) is 7.97. The van der Waals surface area contributed by atoms with Crippen LogP contribution in [0.25, 0.3) is 5.57 Å². The Labute approximate surface area is 244 Å². The fourth-order valence-electron chi connectivity index (χ4n) is 5.18. The van der Waals surface area contributed by atoms with Crippen molar-refractivity contribution in [2.24, 2.45) is 4.99 Å². The Balaban J connectivity index is 1.27. The van der Waals surface area contributed by atoms with Gasteiger partial charge >= 0.3 is 0 Å². The summed E-state index contributed by atoms with van der Waals surface area (Å²) in [7, 11) is 0. The normalized spacial score (nSPS) is 18.3. The molecule has 0 amide bonds. The van der Waals surface area contributed by atoms with E-state index in [0.717, 1.165) is 36.0 Å². The van der Waals surface area contributed by atoms with Crippen LogP contribution in [0.5, 0.6) is 0 Å². The molecule has 40 heavy (non-hydrogen) atoms. The first-order valence-electron chi connectivity index (χ1n) is 15.6. The summed E-state index contributed by atoms with van der Waals surface area (Å²) >= 11 is 0.988. The number of hydrogen-bond acceptors (Lipinski definition) is 7. The van der Waals surface area contributed by atoms with Gasteiger partial charge in [-0.15, -0.1) is 5.10 Å². The van der Waals surface area contributed by atoms with Crippen LogP contribution >= 0.6 is 11.5 Å². The van der Waals surface area contributed by atoms with Gasteiger partial charge in [-0.2, -0.15) is 0 Å². The smallest absolute Gasteiger partial charge is 0.218 e. The summed E-state index contributed by atoms with van der Waals surface area (Å²) in [5.74, 6) is -0.313. The van der Waals surface area contributed by atoms with Gasteiger partial charge in [0.05, 0.1) is 17.5 Å². The zero-order valence-corrected chi connectivity index (χ0v) is 25.4. The maximum Gasteiger partial charge on any atom is 0.218 e. The summed E-state index contributed by atoms with van der Waals surface area (Å²) in [5, 5.41) is 17.8. The van der Waals surface area contributed by atoms with Gasteiger partial charge in [0.2, 0.25) is 11.5 Å². The van der Waals surface area contributed by atoms with Crippen molar-refractivity contribution < 1.29 is 14.5 Å². The first-order chi connectivity index (χ1) is 19.7. The third kappa shape index (κ3) is 10.3. The SMILES string of the molecule is CCCCCCCCCCCCCCCCCC[N+](CC)=C1C=C/C(=C/C=C2C(=O)C(c3nnns3)=C2O)N=C1. The molecule has 1 aliphatic carbocycles. The highest BCUT2D eigenvalue weighted by molar-refractivity contribution is 7.07. The van der Waals surface area contributed by atoms with Crippen molar-refractivity contribution in [1.29, 1.82) is 0 Å². The maximum atomic E-state index is 12.3. The van der Waals surface area contributed by atoms with E-state index < -0.39 is 0 Å². The summed E-state index contributed by atoms with van der Waals surface area (Å²) in [5.41, 5.74) is 2.29. The molecule has 2 heterocycles. The second-order valence-corrected chi connectivity index (χ2v) is 11.5. The standard InChI is InChI=1S/C32H47N5O2S/c1-3-5-6-7-8-9-10-11-12-13-14-15-16-17-18-19-24-37(4-2)27-22-20-26(33-25-27)21-23-28-30(38)29(31(28)39)32-34-35-36-40-32/h20-23,25H,3-19,24H2,1-2H3/p+1. The molecule has 1 N–H and O–H groups in total. The van der Waals surface area contributed by atoms with Crippen LogP contribution in [0.1, 0.15) is 122 Å². The van der Waals surface area contributed by atoms with Crippen LogP contribution in [-0.4, -0.2) is 55.3 Å². The van der Waals surface area contributed by atoms with E-state index in [1.165, 1.54) is 103 Å². The number of carbonyl (C=O) groups excluding carboxylic acids is 1. The van der Waals surface area contributed by atoms with E-state index in [1.54, 1.807) is 12.2 Å². The van der Waals surface area contributed by atoms with Crippen LogP contribution < -0.4 is 0 Å². The van der Waals surface area contributed by atoms with E-state index in [1.807, 2.05) is 12.3 Å².